The molecule has 1 aliphatic carbocycles. The maximum absolute atomic E-state index is 13.2. The lowest BCUT2D eigenvalue weighted by atomic mass is 9.93. The number of benzene rings is 1. The van der Waals surface area contributed by atoms with Crippen LogP contribution in [0, 0.1) is 5.92 Å². The van der Waals surface area contributed by atoms with Crippen molar-refractivity contribution in [3.63, 3.8) is 0 Å². The Labute approximate surface area is 193 Å². The molecule has 0 bridgehead atoms. The van der Waals surface area contributed by atoms with Crippen LogP contribution in [0.2, 0.25) is 0 Å². The molecule has 8 heteroatoms. The van der Waals surface area contributed by atoms with Crippen LogP contribution in [0.1, 0.15) is 49.0 Å². The Bertz CT molecular complexity index is 1110. The standard InChI is InChI=1S/C25H31N5O3/c1-17-13-18(16-29-9-11-33-12-10-29)21(25(32)28-17)14-26-24(31)20-7-4-8-23-22(20)15-27-30(23)19-5-2-3-6-19/h4,7-8,13,15,19,21H,2-3,5-6,9-12,14,16H2,1H3,(H,26,31). The van der Waals surface area contributed by atoms with Crippen LogP contribution in [0.5, 0.6) is 0 Å². The van der Waals surface area contributed by atoms with Gasteiger partial charge in [-0.1, -0.05) is 18.9 Å². The fraction of sp³-hybridized carbons (Fsp3) is 0.520. The summed E-state index contributed by atoms with van der Waals surface area (Å²) in [5.41, 5.74) is 3.31. The lowest BCUT2D eigenvalue weighted by Gasteiger charge is -2.30. The van der Waals surface area contributed by atoms with Crippen LogP contribution < -0.4 is 5.32 Å². The van der Waals surface area contributed by atoms with E-state index in [2.05, 4.69) is 25.0 Å². The highest BCUT2D eigenvalue weighted by atomic mass is 16.5. The Balaban J connectivity index is 1.31. The van der Waals surface area contributed by atoms with Gasteiger partial charge in [-0.25, -0.2) is 4.99 Å². The number of ether oxygens (including phenoxy) is 1. The summed E-state index contributed by atoms with van der Waals surface area (Å²) in [6.07, 6.45) is 8.50. The number of aliphatic imine (C=N–C) groups is 1. The highest BCUT2D eigenvalue weighted by Gasteiger charge is 2.29. The predicted octanol–water partition coefficient (Wildman–Crippen LogP) is 2.76. The number of dihydropyridines is 1. The van der Waals surface area contributed by atoms with Crippen molar-refractivity contribution in [2.24, 2.45) is 10.9 Å². The first-order valence-electron chi connectivity index (χ1n) is 11.9. The Hall–Kier alpha value is -2.84. The van der Waals surface area contributed by atoms with Gasteiger partial charge in [0.25, 0.3) is 11.8 Å². The zero-order valence-corrected chi connectivity index (χ0v) is 19.1. The highest BCUT2D eigenvalue weighted by molar-refractivity contribution is 6.07. The van der Waals surface area contributed by atoms with E-state index in [4.69, 9.17) is 4.74 Å². The monoisotopic (exact) mass is 449 g/mol. The third-order valence-corrected chi connectivity index (χ3v) is 6.96. The van der Waals surface area contributed by atoms with Crippen molar-refractivity contribution < 1.29 is 14.3 Å². The van der Waals surface area contributed by atoms with Crippen molar-refractivity contribution in [2.45, 2.75) is 38.6 Å². The van der Waals surface area contributed by atoms with Gasteiger partial charge >= 0.3 is 0 Å². The average molecular weight is 450 g/mol. The zero-order valence-electron chi connectivity index (χ0n) is 19.1. The number of rotatable bonds is 6. The van der Waals surface area contributed by atoms with Crippen molar-refractivity contribution in [1.82, 2.24) is 20.0 Å². The molecular weight excluding hydrogens is 418 g/mol. The minimum Gasteiger partial charge on any atom is -0.379 e. The first-order chi connectivity index (χ1) is 16.1. The molecule has 1 saturated carbocycles. The zero-order chi connectivity index (χ0) is 22.8. The smallest absolute Gasteiger partial charge is 0.254 e. The van der Waals surface area contributed by atoms with E-state index < -0.39 is 5.92 Å². The SMILES string of the molecule is CC1=NC(=O)C(CNC(=O)c2cccc3c2cnn3C2CCCC2)C(CN2CCOCC2)=C1. The molecule has 1 aromatic heterocycles. The molecule has 2 aliphatic heterocycles. The number of morpholine rings is 1. The molecule has 1 saturated heterocycles. The summed E-state index contributed by atoms with van der Waals surface area (Å²) in [6, 6.07) is 6.18. The quantitative estimate of drug-likeness (QED) is 0.733. The Morgan fingerprint density at radius 2 is 2.00 bits per heavy atom. The van der Waals surface area contributed by atoms with E-state index in [0.29, 0.717) is 31.4 Å². The van der Waals surface area contributed by atoms with Gasteiger partial charge in [-0.05, 0) is 43.5 Å². The molecule has 1 unspecified atom stereocenters. The van der Waals surface area contributed by atoms with E-state index in [-0.39, 0.29) is 18.4 Å². The third kappa shape index (κ3) is 4.63. The normalized spacial score (nSPS) is 22.5. The number of fused-ring (bicyclic) bond motifs is 1. The number of nitrogens with one attached hydrogen (secondary N) is 1. The molecule has 3 aliphatic rings. The molecule has 2 aromatic rings. The third-order valence-electron chi connectivity index (χ3n) is 6.96. The molecular formula is C25H31N5O3. The topological polar surface area (TPSA) is 88.8 Å². The molecule has 3 heterocycles. The molecule has 174 valence electrons. The van der Waals surface area contributed by atoms with Crippen molar-refractivity contribution in [1.29, 1.82) is 0 Å². The number of nitrogens with zero attached hydrogens (tertiary/aromatic N) is 4. The first-order valence-corrected chi connectivity index (χ1v) is 11.9. The van der Waals surface area contributed by atoms with Gasteiger partial charge in [0, 0.05) is 37.3 Å². The number of carbonyl (C=O) groups excluding carboxylic acids is 2. The first kappa shape index (κ1) is 22.0. The van der Waals surface area contributed by atoms with Crippen LogP contribution in [0.3, 0.4) is 0 Å². The van der Waals surface area contributed by atoms with Gasteiger partial charge in [0.1, 0.15) is 0 Å². The second kappa shape index (κ2) is 9.57. The summed E-state index contributed by atoms with van der Waals surface area (Å²) in [5, 5.41) is 8.47. The van der Waals surface area contributed by atoms with Crippen molar-refractivity contribution in [3.05, 3.63) is 41.6 Å². The van der Waals surface area contributed by atoms with E-state index in [0.717, 1.165) is 48.1 Å². The van der Waals surface area contributed by atoms with Gasteiger partial charge < -0.3 is 10.1 Å². The fourth-order valence-corrected chi connectivity index (χ4v) is 5.20. The predicted molar refractivity (Wildman–Crippen MR) is 127 cm³/mol. The van der Waals surface area contributed by atoms with E-state index in [9.17, 15) is 9.59 Å². The van der Waals surface area contributed by atoms with Crippen molar-refractivity contribution in [3.8, 4) is 0 Å². The van der Waals surface area contributed by atoms with Crippen molar-refractivity contribution in [2.75, 3.05) is 39.4 Å². The maximum Gasteiger partial charge on any atom is 0.254 e. The Morgan fingerprint density at radius 1 is 1.21 bits per heavy atom. The van der Waals surface area contributed by atoms with Crippen LogP contribution in [-0.4, -0.2) is 71.6 Å². The van der Waals surface area contributed by atoms with Gasteiger partial charge in [0.2, 0.25) is 0 Å². The Morgan fingerprint density at radius 3 is 2.79 bits per heavy atom. The molecule has 1 atom stereocenters. The number of amides is 2. The highest BCUT2D eigenvalue weighted by Crippen LogP contribution is 2.32. The number of carbonyl (C=O) groups is 2. The molecule has 2 fully saturated rings. The van der Waals surface area contributed by atoms with Gasteiger partial charge in [-0.3, -0.25) is 19.2 Å². The summed E-state index contributed by atoms with van der Waals surface area (Å²) in [7, 11) is 0. The van der Waals surface area contributed by atoms with Gasteiger partial charge in [-0.2, -0.15) is 5.10 Å². The van der Waals surface area contributed by atoms with Crippen LogP contribution in [-0.2, 0) is 9.53 Å². The van der Waals surface area contributed by atoms with Crippen LogP contribution in [0.4, 0.5) is 0 Å². The van der Waals surface area contributed by atoms with E-state index >= 15 is 0 Å². The molecule has 2 amide bonds. The molecule has 0 spiro atoms. The van der Waals surface area contributed by atoms with Crippen LogP contribution in [0.25, 0.3) is 10.9 Å². The number of hydrogen-bond acceptors (Lipinski definition) is 5. The Kier molecular flexibility index (Phi) is 6.37. The summed E-state index contributed by atoms with van der Waals surface area (Å²) in [4.78, 5) is 32.3. The van der Waals surface area contributed by atoms with Crippen LogP contribution in [0.15, 0.2) is 41.0 Å². The molecule has 0 radical (unpaired) electrons. The number of allylic oxidation sites excluding steroid dienone is 1. The van der Waals surface area contributed by atoms with E-state index in [1.165, 1.54) is 12.8 Å². The van der Waals surface area contributed by atoms with Gasteiger partial charge in [0.15, 0.2) is 0 Å². The van der Waals surface area contributed by atoms with Crippen LogP contribution >= 0.6 is 0 Å². The minimum atomic E-state index is -0.444. The summed E-state index contributed by atoms with van der Waals surface area (Å²) in [6.45, 7) is 5.85. The number of aromatic nitrogens is 2. The van der Waals surface area contributed by atoms with E-state index in [1.54, 1.807) is 6.20 Å². The molecule has 33 heavy (non-hydrogen) atoms. The molecule has 8 nitrogen and oxygen atoms in total. The number of hydrogen-bond donors (Lipinski definition) is 1. The lowest BCUT2D eigenvalue weighted by Crippen LogP contribution is -2.42. The molecule has 1 aromatic carbocycles. The fourth-order valence-electron chi connectivity index (χ4n) is 5.20. The minimum absolute atomic E-state index is 0.184. The largest absolute Gasteiger partial charge is 0.379 e. The lowest BCUT2D eigenvalue weighted by molar-refractivity contribution is -0.120. The van der Waals surface area contributed by atoms with Gasteiger partial charge in [-0.15, -0.1) is 0 Å². The average Bonchev–Trinajstić information content (AvgIpc) is 3.48. The molecule has 5 rings (SSSR count). The van der Waals surface area contributed by atoms with Gasteiger partial charge in [0.05, 0.1) is 42.5 Å². The summed E-state index contributed by atoms with van der Waals surface area (Å²) in [5.74, 6) is -0.817. The second-order valence-corrected chi connectivity index (χ2v) is 9.23. The summed E-state index contributed by atoms with van der Waals surface area (Å²) >= 11 is 0. The maximum atomic E-state index is 13.2. The molecule has 1 N–H and O–H groups in total. The second-order valence-electron chi connectivity index (χ2n) is 9.23. The van der Waals surface area contributed by atoms with Crippen molar-refractivity contribution >= 4 is 28.4 Å². The van der Waals surface area contributed by atoms with E-state index in [1.807, 2.05) is 31.2 Å². The summed E-state index contributed by atoms with van der Waals surface area (Å²) < 4.78 is 7.51.